The Labute approximate surface area is 732 Å². The minimum atomic E-state index is -0.217. The molecular weight excluding hydrogens is 1640 g/mol. The second-order valence-electron chi connectivity index (χ2n) is 27.7. The number of benzene rings is 6. The molecule has 0 spiro atoms. The molecule has 6 aromatic carbocycles. The van der Waals surface area contributed by atoms with Gasteiger partial charge in [0.15, 0.2) is 68.4 Å². The summed E-state index contributed by atoms with van der Waals surface area (Å²) in [5.74, 6) is 4.38. The summed E-state index contributed by atoms with van der Waals surface area (Å²) >= 11 is 0. The number of nitrogen functional groups attached to an aromatic ring is 1. The van der Waals surface area contributed by atoms with Crippen molar-refractivity contribution in [1.82, 2.24) is 159 Å². The quantitative estimate of drug-likeness (QED) is 0.0358. The van der Waals surface area contributed by atoms with Gasteiger partial charge in [-0.05, 0) is 71.3 Å². The summed E-state index contributed by atoms with van der Waals surface area (Å²) in [4.78, 5) is 134. The maximum atomic E-state index is 12.0. The van der Waals surface area contributed by atoms with Crippen molar-refractivity contribution in [3.63, 3.8) is 0 Å². The molecule has 129 heavy (non-hydrogen) atoms. The molecule has 16 aromatic heterocycles. The number of rotatable bonds is 19. The molecule has 0 atom stereocenters. The van der Waals surface area contributed by atoms with Crippen molar-refractivity contribution < 1.29 is 23.7 Å². The zero-order valence-electron chi connectivity index (χ0n) is 69.9. The number of fused-ring (bicyclic) bond motifs is 8. The Bertz CT molecular complexity index is 7160. The highest BCUT2D eigenvalue weighted by molar-refractivity contribution is 6.06. The third kappa shape index (κ3) is 22.9. The van der Waals surface area contributed by atoms with Crippen molar-refractivity contribution in [2.75, 3.05) is 35.4 Å². The minimum absolute atomic E-state index is 0.217. The fraction of sp³-hybridized carbons (Fsp3) is 0.125. The normalized spacial score (nSPS) is 10.6. The molecule has 0 aliphatic carbocycles. The molecule has 0 bridgehead atoms. The first-order chi connectivity index (χ1) is 63.4. The van der Waals surface area contributed by atoms with E-state index >= 15 is 0 Å². The molecule has 41 heteroatoms. The number of nitrogens with two attached hydrogens (primary N) is 1. The van der Waals surface area contributed by atoms with Crippen LogP contribution in [0.15, 0.2) is 265 Å². The largest absolute Gasteiger partial charge is 0.471 e. The lowest BCUT2D eigenvalue weighted by Gasteiger charge is -2.10. The van der Waals surface area contributed by atoms with Crippen molar-refractivity contribution in [3.8, 4) is 23.5 Å². The lowest BCUT2D eigenvalue weighted by atomic mass is 10.1. The van der Waals surface area contributed by atoms with E-state index in [9.17, 15) is 4.79 Å². The van der Waals surface area contributed by atoms with Crippen molar-refractivity contribution in [2.24, 2.45) is 0 Å². The summed E-state index contributed by atoms with van der Waals surface area (Å²) in [6, 6.07) is 53.7. The number of ether oxygens (including phenoxy) is 4. The maximum Gasteiger partial charge on any atom is 0.256 e. The highest BCUT2D eigenvalue weighted by Crippen LogP contribution is 2.25. The molecule has 1 amide bonds. The zero-order valence-corrected chi connectivity index (χ0v) is 69.9. The van der Waals surface area contributed by atoms with Crippen LogP contribution in [-0.4, -0.2) is 179 Å². The molecule has 22 rings (SSSR count). The third-order valence-corrected chi connectivity index (χ3v) is 18.8. The molecular formula is C88H82N36O5. The number of aryl methyl sites for hydroxylation is 3. The van der Waals surface area contributed by atoms with Crippen LogP contribution in [0, 0.1) is 13.8 Å². The fourth-order valence-electron chi connectivity index (χ4n) is 12.2. The van der Waals surface area contributed by atoms with E-state index in [1.54, 1.807) is 62.2 Å². The summed E-state index contributed by atoms with van der Waals surface area (Å²) < 4.78 is 22.8. The van der Waals surface area contributed by atoms with Gasteiger partial charge < -0.3 is 80.1 Å². The predicted molar refractivity (Wildman–Crippen MR) is 482 cm³/mol. The predicted octanol–water partition coefficient (Wildman–Crippen LogP) is 12.8. The smallest absolute Gasteiger partial charge is 0.256 e. The van der Waals surface area contributed by atoms with Gasteiger partial charge >= 0.3 is 0 Å². The van der Waals surface area contributed by atoms with Gasteiger partial charge in [-0.1, -0.05) is 164 Å². The number of amides is 1. The number of nitrogens with one attached hydrogen (secondary N) is 10. The van der Waals surface area contributed by atoms with Crippen LogP contribution < -0.4 is 40.2 Å². The monoisotopic (exact) mass is 1720 g/mol. The molecule has 0 aliphatic rings. The first-order valence-corrected chi connectivity index (χ1v) is 39.8. The van der Waals surface area contributed by atoms with Gasteiger partial charge in [0.2, 0.25) is 23.5 Å². The van der Waals surface area contributed by atoms with Crippen LogP contribution in [-0.2, 0) is 39.4 Å². The van der Waals surface area contributed by atoms with E-state index in [1.807, 2.05) is 104 Å². The number of carbonyl (C=O) groups is 1. The molecule has 16 heterocycles. The molecule has 22 aromatic rings. The van der Waals surface area contributed by atoms with E-state index in [0.717, 1.165) is 80.0 Å². The number of nitrogens with zero attached hydrogens (tertiary/aromatic N) is 25. The maximum absolute atomic E-state index is 12.0. The Morgan fingerprint density at radius 1 is 0.333 bits per heavy atom. The molecule has 12 N–H and O–H groups in total. The van der Waals surface area contributed by atoms with Gasteiger partial charge in [0.1, 0.15) is 121 Å². The number of hydrogen-bond acceptors (Lipinski definition) is 32. The van der Waals surface area contributed by atoms with Crippen LogP contribution in [0.5, 0.6) is 23.5 Å². The standard InChI is InChI=1S/C14H14N4O.2C13H12N4O.C12H9N5O.C12H11N5.C12H10N4O.C7H9N5.C5H5N5/c1-2-10-3-5-11(6-4-10)7-19-14-12-13(16-8-15-12)17-9-18-14;1-9-3-2-4-10(5-9)6-18-13-11-12(15-7-14-11)16-8-17-13;1-9-4-2-3-5-10(9)6-18-13-11-12(15-7-14-11)16-8-17-13;18-12(8-4-2-1-3-5-8)17-11-9-10(14-6-13-9)15-7-16-11;1-2-4-9(5-3-1)6-13-11-10-12(15-7-14-10)17-8-16-11;1-2-4-9(5-3-1)6-17-12-10-11(14-7-13-10)15-8-16-12;1-12(2)7-5-6(9-3-8-5)10-4-11-7;6-4-3-5(9-1-7-3)10-2-8-4/h3-6,8-9H,2,7H2,1H3,(H,15,16,17,18);2*2-5,7-8H,6H2,1H3,(H,14,15,16,17);1-7H,(H2,13,14,15,16,17,18);1-5,7-8H,6H2,(H2,13,14,15,16,17);1-5,7-8H,6H2,(H,13,14,15,16);3-4H,1-2H3,(H,8,9,10,11);1-2H,(H3,6,7,8,9,10). The van der Waals surface area contributed by atoms with E-state index in [0.29, 0.717) is 123 Å². The molecule has 0 radical (unpaired) electrons. The number of imidazole rings is 8. The number of aromatic nitrogens is 32. The molecule has 0 aliphatic heterocycles. The van der Waals surface area contributed by atoms with Crippen molar-refractivity contribution in [3.05, 3.63) is 315 Å². The summed E-state index contributed by atoms with van der Waals surface area (Å²) in [5.41, 5.74) is 26.4. The highest BCUT2D eigenvalue weighted by Gasteiger charge is 2.16. The van der Waals surface area contributed by atoms with Gasteiger partial charge in [0, 0.05) is 26.2 Å². The first-order valence-electron chi connectivity index (χ1n) is 39.8. The Kier molecular flexibility index (Phi) is 28.6. The van der Waals surface area contributed by atoms with Crippen molar-refractivity contribution in [2.45, 2.75) is 60.2 Å². The van der Waals surface area contributed by atoms with E-state index in [2.05, 4.69) is 245 Å². The lowest BCUT2D eigenvalue weighted by Crippen LogP contribution is -2.13. The molecule has 0 fully saturated rings. The number of anilines is 4. The lowest BCUT2D eigenvalue weighted by molar-refractivity contribution is 0.102. The van der Waals surface area contributed by atoms with Crippen LogP contribution in [0.4, 0.5) is 23.3 Å². The number of H-pyrrole nitrogens is 8. The van der Waals surface area contributed by atoms with Gasteiger partial charge in [-0.25, -0.2) is 99.7 Å². The van der Waals surface area contributed by atoms with Gasteiger partial charge in [-0.2, -0.15) is 19.9 Å². The molecule has 0 saturated heterocycles. The van der Waals surface area contributed by atoms with Gasteiger partial charge in [-0.15, -0.1) is 0 Å². The first kappa shape index (κ1) is 85.8. The Morgan fingerprint density at radius 2 is 0.690 bits per heavy atom. The molecule has 0 saturated carbocycles. The summed E-state index contributed by atoms with van der Waals surface area (Å²) in [5, 5.41) is 5.99. The average Bonchev–Trinajstić information content (AvgIpc) is 1.73. The second-order valence-corrected chi connectivity index (χ2v) is 27.7. The zero-order chi connectivity index (χ0) is 88.7. The van der Waals surface area contributed by atoms with Crippen LogP contribution in [0.1, 0.15) is 61.8 Å². The topological polar surface area (TPSA) is 543 Å². The Balaban J connectivity index is 0.000000114. The Morgan fingerprint density at radius 3 is 1.16 bits per heavy atom. The van der Waals surface area contributed by atoms with E-state index in [-0.39, 0.29) is 5.91 Å². The molecule has 41 nitrogen and oxygen atoms in total. The minimum Gasteiger partial charge on any atom is -0.471 e. The SMILES string of the molecule is CCc1ccc(COc2ncnc3nc[nH]c23)cc1.CN(C)c1ncnc2nc[nH]c12.Cc1cccc(COc2ncnc3nc[nH]c23)c1.Cc1ccccc1COc1ncnc2nc[nH]c12.Nc1ncnc2nc[nH]c12.O=C(Nc1ncnc2nc[nH]c12)c1ccccc1.c1ccc(CNc2ncnc3nc[nH]c23)cc1.c1ccc(COc2ncnc3nc[nH]c23)cc1. The van der Waals surface area contributed by atoms with E-state index in [1.165, 1.54) is 85.5 Å². The van der Waals surface area contributed by atoms with Crippen molar-refractivity contribution >= 4 is 118 Å². The third-order valence-electron chi connectivity index (χ3n) is 18.8. The summed E-state index contributed by atoms with van der Waals surface area (Å²) in [6.07, 6.45) is 25.2. The Hall–Kier alpha value is -18.2. The van der Waals surface area contributed by atoms with Crippen LogP contribution in [0.25, 0.3) is 89.3 Å². The van der Waals surface area contributed by atoms with E-state index in [4.69, 9.17) is 24.7 Å². The van der Waals surface area contributed by atoms with Crippen molar-refractivity contribution in [1.29, 1.82) is 0 Å². The molecule has 644 valence electrons. The number of aromatic amines is 8. The highest BCUT2D eigenvalue weighted by atomic mass is 16.5. The number of hydrogen-bond donors (Lipinski definition) is 11. The second kappa shape index (κ2) is 43.0. The summed E-state index contributed by atoms with van der Waals surface area (Å²) in [6.45, 7) is 8.91. The van der Waals surface area contributed by atoms with Gasteiger partial charge in [-0.3, -0.25) is 4.79 Å². The van der Waals surface area contributed by atoms with Crippen LogP contribution in [0.3, 0.4) is 0 Å². The average molecular weight is 1720 g/mol. The fourth-order valence-corrected chi connectivity index (χ4v) is 12.2. The molecule has 0 unspecified atom stereocenters. The van der Waals surface area contributed by atoms with E-state index < -0.39 is 0 Å². The van der Waals surface area contributed by atoms with Gasteiger partial charge in [0.05, 0.1) is 50.6 Å². The number of carbonyl (C=O) groups excluding carboxylic acids is 1. The summed E-state index contributed by atoms with van der Waals surface area (Å²) in [7, 11) is 3.87. The van der Waals surface area contributed by atoms with Crippen LogP contribution in [0.2, 0.25) is 0 Å². The van der Waals surface area contributed by atoms with Gasteiger partial charge in [0.25, 0.3) is 5.91 Å². The van der Waals surface area contributed by atoms with Crippen LogP contribution >= 0.6 is 0 Å².